The van der Waals surface area contributed by atoms with E-state index in [9.17, 15) is 4.79 Å². The zero-order chi connectivity index (χ0) is 19.5. The maximum absolute atomic E-state index is 11.2. The van der Waals surface area contributed by atoms with Crippen LogP contribution in [0.25, 0.3) is 11.3 Å². The van der Waals surface area contributed by atoms with E-state index >= 15 is 0 Å². The Labute approximate surface area is 166 Å². The Balaban J connectivity index is 1.69. The third-order valence-corrected chi connectivity index (χ3v) is 4.69. The van der Waals surface area contributed by atoms with E-state index in [-0.39, 0.29) is 17.8 Å². The number of aliphatic imine (C=N–C) groups is 1. The summed E-state index contributed by atoms with van der Waals surface area (Å²) in [4.78, 5) is 19.7. The van der Waals surface area contributed by atoms with Crippen LogP contribution in [0.3, 0.4) is 0 Å². The van der Waals surface area contributed by atoms with Gasteiger partial charge in [-0.25, -0.2) is 0 Å². The summed E-state index contributed by atoms with van der Waals surface area (Å²) in [6.45, 7) is 1.41. The molecule has 142 valence electrons. The number of carbonyl (C=O) groups is 1. The Morgan fingerprint density at radius 3 is 2.89 bits per heavy atom. The highest BCUT2D eigenvalue weighted by atomic mass is 35.5. The smallest absolute Gasteiger partial charge is 0.301 e. The summed E-state index contributed by atoms with van der Waals surface area (Å²) in [5, 5.41) is 10.9. The van der Waals surface area contributed by atoms with Gasteiger partial charge in [0.05, 0.1) is 11.4 Å². The minimum absolute atomic E-state index is 0.152. The molecule has 0 fully saturated rings. The molecule has 28 heavy (non-hydrogen) atoms. The van der Waals surface area contributed by atoms with Crippen LogP contribution in [-0.2, 0) is 11.2 Å². The molecule has 8 heteroatoms. The van der Waals surface area contributed by atoms with Crippen LogP contribution in [0.2, 0.25) is 5.02 Å². The number of halogens is 1. The zero-order valence-corrected chi connectivity index (χ0v) is 15.9. The van der Waals surface area contributed by atoms with Crippen LogP contribution in [-0.4, -0.2) is 27.3 Å². The largest absolute Gasteiger partial charge is 0.432 e. The molecular weight excluding hydrogens is 378 g/mol. The molecule has 2 N–H and O–H groups in total. The average Bonchev–Trinajstić information content (AvgIpc) is 3.30. The minimum Gasteiger partial charge on any atom is -0.432 e. The van der Waals surface area contributed by atoms with E-state index < -0.39 is 0 Å². The van der Waals surface area contributed by atoms with Crippen molar-refractivity contribution in [3.63, 3.8) is 0 Å². The predicted octanol–water partition coefficient (Wildman–Crippen LogP) is 4.34. The number of benzene rings is 1. The fourth-order valence-corrected chi connectivity index (χ4v) is 3.33. The van der Waals surface area contributed by atoms with Gasteiger partial charge in [-0.1, -0.05) is 29.8 Å². The van der Waals surface area contributed by atoms with E-state index in [4.69, 9.17) is 16.0 Å². The second-order valence-electron chi connectivity index (χ2n) is 6.49. The van der Waals surface area contributed by atoms with E-state index in [1.165, 1.54) is 13.2 Å². The van der Waals surface area contributed by atoms with Gasteiger partial charge in [0, 0.05) is 53.5 Å². The average molecular weight is 396 g/mol. The molecule has 0 radical (unpaired) electrons. The van der Waals surface area contributed by atoms with Crippen molar-refractivity contribution in [3.05, 3.63) is 64.8 Å². The topological polar surface area (TPSA) is 96.2 Å². The molecule has 1 aromatic carbocycles. The van der Waals surface area contributed by atoms with Gasteiger partial charge in [0.2, 0.25) is 5.91 Å². The van der Waals surface area contributed by atoms with Crippen LogP contribution in [0.5, 0.6) is 0 Å². The third-order valence-electron chi connectivity index (χ3n) is 4.43. The summed E-state index contributed by atoms with van der Waals surface area (Å²) in [5.41, 5.74) is 4.59. The summed E-state index contributed by atoms with van der Waals surface area (Å²) in [5.74, 6) is -0.0778. The first-order valence-corrected chi connectivity index (χ1v) is 9.21. The van der Waals surface area contributed by atoms with Crippen LogP contribution >= 0.6 is 11.6 Å². The lowest BCUT2D eigenvalue weighted by atomic mass is 9.89. The number of H-pyrrole nitrogens is 1. The maximum atomic E-state index is 11.2. The number of oxazole rings is 1. The molecular formula is C20H18ClN5O2. The highest BCUT2D eigenvalue weighted by molar-refractivity contribution is 6.30. The minimum atomic E-state index is -0.229. The van der Waals surface area contributed by atoms with Gasteiger partial charge in [-0.05, 0) is 18.6 Å². The molecule has 3 heterocycles. The molecule has 7 nitrogen and oxygen atoms in total. The lowest BCUT2D eigenvalue weighted by molar-refractivity contribution is -0.114. The fourth-order valence-electron chi connectivity index (χ4n) is 3.21. The van der Waals surface area contributed by atoms with Gasteiger partial charge < -0.3 is 4.42 Å². The normalized spacial score (nSPS) is 15.7. The van der Waals surface area contributed by atoms with Crippen molar-refractivity contribution in [1.82, 2.24) is 15.2 Å². The SMILES string of the molecule is CC(=O)Nc1nc(Cc2[nH]nc(-c3ccc(Cl)cc3)c2C2C=CN=CC2)co1. The number of nitrogens with one attached hydrogen (secondary N) is 2. The summed E-state index contributed by atoms with van der Waals surface area (Å²) in [6.07, 6.45) is 8.61. The van der Waals surface area contributed by atoms with Gasteiger partial charge in [-0.2, -0.15) is 10.1 Å². The number of aromatic nitrogens is 3. The zero-order valence-electron chi connectivity index (χ0n) is 15.1. The predicted molar refractivity (Wildman–Crippen MR) is 108 cm³/mol. The molecule has 0 bridgehead atoms. The number of allylic oxidation sites excluding steroid dienone is 1. The highest BCUT2D eigenvalue weighted by Crippen LogP contribution is 2.35. The lowest BCUT2D eigenvalue weighted by Crippen LogP contribution is -2.06. The Hall–Kier alpha value is -3.19. The van der Waals surface area contributed by atoms with Crippen LogP contribution in [0.15, 0.2) is 52.2 Å². The summed E-state index contributed by atoms with van der Waals surface area (Å²) >= 11 is 6.03. The monoisotopic (exact) mass is 395 g/mol. The number of anilines is 1. The van der Waals surface area contributed by atoms with Crippen molar-refractivity contribution >= 4 is 29.7 Å². The fraction of sp³-hybridized carbons (Fsp3) is 0.200. The van der Waals surface area contributed by atoms with Gasteiger partial charge in [-0.15, -0.1) is 0 Å². The number of hydrogen-bond acceptors (Lipinski definition) is 5. The molecule has 4 rings (SSSR count). The molecule has 2 aromatic heterocycles. The van der Waals surface area contributed by atoms with Crippen molar-refractivity contribution in [2.24, 2.45) is 4.99 Å². The Morgan fingerprint density at radius 2 is 2.18 bits per heavy atom. The Kier molecular flexibility index (Phi) is 5.08. The molecule has 1 aliphatic rings. The number of aromatic amines is 1. The van der Waals surface area contributed by atoms with Crippen LogP contribution in [0.4, 0.5) is 6.01 Å². The third kappa shape index (κ3) is 3.89. The summed E-state index contributed by atoms with van der Waals surface area (Å²) < 4.78 is 5.31. The van der Waals surface area contributed by atoms with Crippen LogP contribution < -0.4 is 5.32 Å². The second kappa shape index (κ2) is 7.82. The number of rotatable bonds is 5. The maximum Gasteiger partial charge on any atom is 0.301 e. The molecule has 0 aliphatic carbocycles. The van der Waals surface area contributed by atoms with Crippen molar-refractivity contribution in [1.29, 1.82) is 0 Å². The summed E-state index contributed by atoms with van der Waals surface area (Å²) in [6, 6.07) is 7.80. The Bertz CT molecular complexity index is 1050. The van der Waals surface area contributed by atoms with Crippen molar-refractivity contribution in [2.75, 3.05) is 5.32 Å². The molecule has 1 atom stereocenters. The van der Waals surface area contributed by atoms with E-state index in [1.807, 2.05) is 36.7 Å². The highest BCUT2D eigenvalue weighted by Gasteiger charge is 2.23. The molecule has 0 saturated carbocycles. The molecule has 0 spiro atoms. The van der Waals surface area contributed by atoms with Gasteiger partial charge in [0.15, 0.2) is 0 Å². The molecule has 3 aromatic rings. The van der Waals surface area contributed by atoms with Gasteiger partial charge in [-0.3, -0.25) is 20.2 Å². The van der Waals surface area contributed by atoms with Crippen molar-refractivity contribution in [3.8, 4) is 11.3 Å². The van der Waals surface area contributed by atoms with Crippen LogP contribution in [0.1, 0.15) is 36.2 Å². The van der Waals surface area contributed by atoms with E-state index in [1.54, 1.807) is 0 Å². The Morgan fingerprint density at radius 1 is 1.36 bits per heavy atom. The first-order chi connectivity index (χ1) is 13.6. The lowest BCUT2D eigenvalue weighted by Gasteiger charge is -2.15. The van der Waals surface area contributed by atoms with Crippen LogP contribution in [0, 0.1) is 0 Å². The number of nitrogens with zero attached hydrogens (tertiary/aromatic N) is 3. The van der Waals surface area contributed by atoms with E-state index in [0.29, 0.717) is 17.1 Å². The quantitative estimate of drug-likeness (QED) is 0.671. The number of hydrogen-bond donors (Lipinski definition) is 2. The number of carbonyl (C=O) groups excluding carboxylic acids is 1. The first kappa shape index (κ1) is 18.2. The van der Waals surface area contributed by atoms with Gasteiger partial charge in [0.25, 0.3) is 0 Å². The second-order valence-corrected chi connectivity index (χ2v) is 6.93. The van der Waals surface area contributed by atoms with Crippen molar-refractivity contribution in [2.45, 2.75) is 25.7 Å². The number of amides is 1. The van der Waals surface area contributed by atoms with E-state index in [2.05, 4.69) is 31.6 Å². The van der Waals surface area contributed by atoms with Gasteiger partial charge in [0.1, 0.15) is 6.26 Å². The molecule has 1 unspecified atom stereocenters. The molecule has 1 aliphatic heterocycles. The summed E-state index contributed by atoms with van der Waals surface area (Å²) in [7, 11) is 0. The van der Waals surface area contributed by atoms with Crippen molar-refractivity contribution < 1.29 is 9.21 Å². The first-order valence-electron chi connectivity index (χ1n) is 8.83. The molecule has 0 saturated heterocycles. The van der Waals surface area contributed by atoms with Gasteiger partial charge >= 0.3 is 6.01 Å². The standard InChI is InChI=1S/C20H18ClN5O2/c1-12(27)23-20-24-16(11-28-20)10-17-18(13-6-8-22-9-7-13)19(26-25-17)14-2-4-15(21)5-3-14/h2-6,8-9,11,13H,7,10H2,1H3,(H,25,26)(H,23,24,27). The van der Waals surface area contributed by atoms with E-state index in [0.717, 1.165) is 28.9 Å². The molecule has 1 amide bonds.